The Balaban J connectivity index is 2.91. The van der Waals surface area contributed by atoms with E-state index in [1.807, 2.05) is 0 Å². The van der Waals surface area contributed by atoms with Gasteiger partial charge in [-0.05, 0) is 24.7 Å². The lowest BCUT2D eigenvalue weighted by Crippen LogP contribution is -2.33. The van der Waals surface area contributed by atoms with Crippen LogP contribution in [0.5, 0.6) is 0 Å². The molecule has 0 bridgehead atoms. The second-order valence-corrected chi connectivity index (χ2v) is 4.10. The zero-order chi connectivity index (χ0) is 14.4. The fraction of sp³-hybridized carbons (Fsp3) is 0.385. The first-order valence-corrected chi connectivity index (χ1v) is 5.71. The average Bonchev–Trinajstić information content (AvgIpc) is 2.38. The summed E-state index contributed by atoms with van der Waals surface area (Å²) in [4.78, 5) is 23.9. The molecule has 0 aromatic heterocycles. The van der Waals surface area contributed by atoms with Gasteiger partial charge in [-0.25, -0.2) is 9.18 Å². The first kappa shape index (κ1) is 15.1. The first-order valence-electron chi connectivity index (χ1n) is 5.71. The van der Waals surface area contributed by atoms with Gasteiger partial charge in [-0.1, -0.05) is 12.1 Å². The van der Waals surface area contributed by atoms with E-state index >= 15 is 0 Å². The van der Waals surface area contributed by atoms with Crippen molar-refractivity contribution in [3.8, 4) is 0 Å². The van der Waals surface area contributed by atoms with Crippen molar-refractivity contribution in [3.63, 3.8) is 0 Å². The summed E-state index contributed by atoms with van der Waals surface area (Å²) in [6.45, 7) is 0.187. The molecule has 0 aliphatic carbocycles. The molecule has 6 heteroatoms. The van der Waals surface area contributed by atoms with Crippen molar-refractivity contribution in [2.45, 2.75) is 12.5 Å². The van der Waals surface area contributed by atoms with Crippen molar-refractivity contribution in [1.29, 1.82) is 0 Å². The number of carbonyl (C=O) groups excluding carboxylic acids is 1. The van der Waals surface area contributed by atoms with E-state index in [1.54, 1.807) is 11.9 Å². The predicted octanol–water partition coefficient (Wildman–Crippen LogP) is 1.45. The van der Waals surface area contributed by atoms with Crippen LogP contribution in [0.2, 0.25) is 0 Å². The van der Waals surface area contributed by atoms with Gasteiger partial charge in [0, 0.05) is 6.54 Å². The van der Waals surface area contributed by atoms with Crippen molar-refractivity contribution in [2.75, 3.05) is 20.7 Å². The maximum absolute atomic E-state index is 12.9. The summed E-state index contributed by atoms with van der Waals surface area (Å²) in [6, 6.07) is 4.71. The molecule has 0 fully saturated rings. The third-order valence-electron chi connectivity index (χ3n) is 2.73. The molecule has 104 valence electrons. The maximum atomic E-state index is 12.9. The van der Waals surface area contributed by atoms with E-state index < -0.39 is 23.8 Å². The summed E-state index contributed by atoms with van der Waals surface area (Å²) in [5.41, 5.74) is 0.557. The summed E-state index contributed by atoms with van der Waals surface area (Å²) in [6.07, 6.45) is -0.0921. The minimum atomic E-state index is -0.949. The molecular formula is C13H16FNO4. The lowest BCUT2D eigenvalue weighted by molar-refractivity contribution is -0.148. The molecule has 1 atom stereocenters. The third-order valence-corrected chi connectivity index (χ3v) is 2.73. The zero-order valence-corrected chi connectivity index (χ0v) is 10.8. The molecule has 0 radical (unpaired) electrons. The fourth-order valence-corrected chi connectivity index (χ4v) is 1.73. The Morgan fingerprint density at radius 1 is 1.37 bits per heavy atom. The number of ether oxygens (including phenoxy) is 1. The highest BCUT2D eigenvalue weighted by atomic mass is 19.1. The molecule has 0 aliphatic heterocycles. The SMILES string of the molecule is COC(=O)C(c1ccc(F)cc1)N(C)CCC(=O)O. The number of rotatable bonds is 6. The zero-order valence-electron chi connectivity index (χ0n) is 10.8. The van der Waals surface area contributed by atoms with Crippen molar-refractivity contribution in [3.05, 3.63) is 35.6 Å². The quantitative estimate of drug-likeness (QED) is 0.792. The van der Waals surface area contributed by atoms with Crippen molar-refractivity contribution < 1.29 is 23.8 Å². The van der Waals surface area contributed by atoms with Gasteiger partial charge in [-0.15, -0.1) is 0 Å². The number of likely N-dealkylation sites (N-methyl/N-ethyl adjacent to an activating group) is 1. The summed E-state index contributed by atoms with van der Waals surface area (Å²) in [7, 11) is 2.87. The fourth-order valence-electron chi connectivity index (χ4n) is 1.73. The van der Waals surface area contributed by atoms with Gasteiger partial charge >= 0.3 is 11.9 Å². The van der Waals surface area contributed by atoms with Crippen LogP contribution >= 0.6 is 0 Å². The van der Waals surface area contributed by atoms with Crippen molar-refractivity contribution >= 4 is 11.9 Å². The van der Waals surface area contributed by atoms with E-state index in [2.05, 4.69) is 0 Å². The maximum Gasteiger partial charge on any atom is 0.327 e. The number of hydrogen-bond donors (Lipinski definition) is 1. The first-order chi connectivity index (χ1) is 8.95. The van der Waals surface area contributed by atoms with E-state index in [-0.39, 0.29) is 13.0 Å². The lowest BCUT2D eigenvalue weighted by Gasteiger charge is -2.25. The standard InChI is InChI=1S/C13H16FNO4/c1-15(8-7-11(16)17)12(13(18)19-2)9-3-5-10(14)6-4-9/h3-6,12H,7-8H2,1-2H3,(H,16,17). The molecule has 5 nitrogen and oxygen atoms in total. The number of carbonyl (C=O) groups is 2. The van der Waals surface area contributed by atoms with Crippen molar-refractivity contribution in [1.82, 2.24) is 4.90 Å². The Morgan fingerprint density at radius 2 is 1.95 bits per heavy atom. The molecule has 0 amide bonds. The molecule has 0 saturated heterocycles. The van der Waals surface area contributed by atoms with E-state index in [9.17, 15) is 14.0 Å². The van der Waals surface area contributed by atoms with E-state index in [0.717, 1.165) is 0 Å². The van der Waals surface area contributed by atoms with Gasteiger partial charge in [-0.2, -0.15) is 0 Å². The summed E-state index contributed by atoms with van der Waals surface area (Å²) < 4.78 is 17.6. The topological polar surface area (TPSA) is 66.8 Å². The second-order valence-electron chi connectivity index (χ2n) is 4.10. The van der Waals surface area contributed by atoms with Gasteiger partial charge in [0.2, 0.25) is 0 Å². The smallest absolute Gasteiger partial charge is 0.327 e. The van der Waals surface area contributed by atoms with E-state index in [0.29, 0.717) is 5.56 Å². The summed E-state index contributed by atoms with van der Waals surface area (Å²) in [5, 5.41) is 8.65. The van der Waals surface area contributed by atoms with Gasteiger partial charge in [-0.3, -0.25) is 9.69 Å². The van der Waals surface area contributed by atoms with Crippen LogP contribution in [0, 0.1) is 5.82 Å². The normalized spacial score (nSPS) is 12.2. The summed E-state index contributed by atoms with van der Waals surface area (Å²) >= 11 is 0. The molecule has 1 unspecified atom stereocenters. The number of carboxylic acid groups (broad SMARTS) is 1. The minimum absolute atomic E-state index is 0.0921. The monoisotopic (exact) mass is 269 g/mol. The molecule has 0 heterocycles. The average molecular weight is 269 g/mol. The molecule has 1 aromatic rings. The second kappa shape index (κ2) is 6.84. The van der Waals surface area contributed by atoms with Gasteiger partial charge in [0.15, 0.2) is 0 Å². The Hall–Kier alpha value is -1.95. The number of carboxylic acids is 1. The number of halogens is 1. The molecule has 0 aliphatic rings. The molecule has 19 heavy (non-hydrogen) atoms. The molecular weight excluding hydrogens is 253 g/mol. The number of nitrogens with zero attached hydrogens (tertiary/aromatic N) is 1. The minimum Gasteiger partial charge on any atom is -0.481 e. The van der Waals surface area contributed by atoms with E-state index in [4.69, 9.17) is 9.84 Å². The predicted molar refractivity (Wildman–Crippen MR) is 66.0 cm³/mol. The van der Waals surface area contributed by atoms with Crippen LogP contribution < -0.4 is 0 Å². The largest absolute Gasteiger partial charge is 0.481 e. The van der Waals surface area contributed by atoms with Crippen molar-refractivity contribution in [2.24, 2.45) is 0 Å². The Morgan fingerprint density at radius 3 is 2.42 bits per heavy atom. The van der Waals surface area contributed by atoms with Gasteiger partial charge < -0.3 is 9.84 Å². The van der Waals surface area contributed by atoms with Crippen LogP contribution in [0.3, 0.4) is 0 Å². The van der Waals surface area contributed by atoms with Crippen LogP contribution in [0.1, 0.15) is 18.0 Å². The van der Waals surface area contributed by atoms with Crippen LogP contribution in [0.15, 0.2) is 24.3 Å². The lowest BCUT2D eigenvalue weighted by atomic mass is 10.1. The highest BCUT2D eigenvalue weighted by Crippen LogP contribution is 2.21. The number of hydrogen-bond acceptors (Lipinski definition) is 4. The number of esters is 1. The molecule has 1 rings (SSSR count). The number of aliphatic carboxylic acids is 1. The van der Waals surface area contributed by atoms with Gasteiger partial charge in [0.25, 0.3) is 0 Å². The van der Waals surface area contributed by atoms with Crippen LogP contribution in [-0.4, -0.2) is 42.6 Å². The Bertz CT molecular complexity index is 446. The summed E-state index contributed by atoms with van der Waals surface area (Å²) in [5.74, 6) is -1.87. The molecule has 0 spiro atoms. The van der Waals surface area contributed by atoms with Crippen LogP contribution in [0.4, 0.5) is 4.39 Å². The molecule has 0 saturated carbocycles. The highest BCUT2D eigenvalue weighted by molar-refractivity contribution is 5.77. The molecule has 1 aromatic carbocycles. The number of methoxy groups -OCH3 is 1. The Labute approximate surface area is 110 Å². The van der Waals surface area contributed by atoms with Crippen LogP contribution in [0.25, 0.3) is 0 Å². The van der Waals surface area contributed by atoms with Gasteiger partial charge in [0.1, 0.15) is 11.9 Å². The number of benzene rings is 1. The van der Waals surface area contributed by atoms with Gasteiger partial charge in [0.05, 0.1) is 13.5 Å². The molecule has 1 N–H and O–H groups in total. The van der Waals surface area contributed by atoms with Crippen LogP contribution in [-0.2, 0) is 14.3 Å². The van der Waals surface area contributed by atoms with E-state index in [1.165, 1.54) is 31.4 Å². The third kappa shape index (κ3) is 4.33. The Kier molecular flexibility index (Phi) is 5.44. The highest BCUT2D eigenvalue weighted by Gasteiger charge is 2.26.